The van der Waals surface area contributed by atoms with Gasteiger partial charge in [0.2, 0.25) is 0 Å². The predicted molar refractivity (Wildman–Crippen MR) is 72.4 cm³/mol. The molecule has 0 unspecified atom stereocenters. The van der Waals surface area contributed by atoms with Crippen LogP contribution in [0, 0.1) is 6.92 Å². The standard InChI is InChI=1S/C12H10BrN3O3/c1-6-2-3-7(4-8(6)13)16-11(17)9-10(12(18)19)15-5-14-9/h2-5H,1H3,(H,14,15)(H,16,17)(H,18,19). The largest absolute Gasteiger partial charge is 0.477 e. The number of aromatic amines is 1. The van der Waals surface area contributed by atoms with Gasteiger partial charge in [0.25, 0.3) is 5.91 Å². The molecule has 1 amide bonds. The van der Waals surface area contributed by atoms with E-state index in [-0.39, 0.29) is 11.4 Å². The highest BCUT2D eigenvalue weighted by Gasteiger charge is 2.19. The van der Waals surface area contributed by atoms with Gasteiger partial charge in [0, 0.05) is 10.2 Å². The summed E-state index contributed by atoms with van der Waals surface area (Å²) in [6, 6.07) is 5.30. The first-order valence-corrected chi connectivity index (χ1v) is 6.12. The monoisotopic (exact) mass is 323 g/mol. The number of aryl methyl sites for hydroxylation is 1. The summed E-state index contributed by atoms with van der Waals surface area (Å²) in [5.41, 5.74) is 1.21. The van der Waals surface area contributed by atoms with E-state index in [0.717, 1.165) is 10.0 Å². The second-order valence-electron chi connectivity index (χ2n) is 3.85. The highest BCUT2D eigenvalue weighted by Crippen LogP contribution is 2.21. The molecule has 6 nitrogen and oxygen atoms in total. The van der Waals surface area contributed by atoms with Crippen molar-refractivity contribution < 1.29 is 14.7 Å². The van der Waals surface area contributed by atoms with E-state index in [1.165, 1.54) is 6.33 Å². The molecule has 0 aliphatic rings. The van der Waals surface area contributed by atoms with Crippen LogP contribution < -0.4 is 5.32 Å². The molecule has 0 atom stereocenters. The number of H-pyrrole nitrogens is 1. The van der Waals surface area contributed by atoms with Crippen LogP contribution in [-0.4, -0.2) is 27.0 Å². The summed E-state index contributed by atoms with van der Waals surface area (Å²) in [5.74, 6) is -1.80. The summed E-state index contributed by atoms with van der Waals surface area (Å²) < 4.78 is 0.853. The highest BCUT2D eigenvalue weighted by atomic mass is 79.9. The SMILES string of the molecule is Cc1ccc(NC(=O)c2nc[nH]c2C(=O)O)cc1Br. The zero-order valence-electron chi connectivity index (χ0n) is 9.90. The van der Waals surface area contributed by atoms with Crippen LogP contribution in [0.3, 0.4) is 0 Å². The van der Waals surface area contributed by atoms with Gasteiger partial charge in [-0.2, -0.15) is 0 Å². The Kier molecular flexibility index (Phi) is 3.66. The number of nitrogens with one attached hydrogen (secondary N) is 2. The zero-order chi connectivity index (χ0) is 14.0. The number of halogens is 1. The minimum Gasteiger partial charge on any atom is -0.477 e. The molecule has 0 saturated heterocycles. The minimum atomic E-state index is -1.23. The lowest BCUT2D eigenvalue weighted by atomic mass is 10.2. The molecule has 2 rings (SSSR count). The molecule has 19 heavy (non-hydrogen) atoms. The van der Waals surface area contributed by atoms with Crippen molar-refractivity contribution in [2.24, 2.45) is 0 Å². The van der Waals surface area contributed by atoms with E-state index < -0.39 is 11.9 Å². The third-order valence-electron chi connectivity index (χ3n) is 2.50. The van der Waals surface area contributed by atoms with Crippen molar-refractivity contribution in [2.45, 2.75) is 6.92 Å². The smallest absolute Gasteiger partial charge is 0.354 e. The third-order valence-corrected chi connectivity index (χ3v) is 3.35. The average molecular weight is 324 g/mol. The van der Waals surface area contributed by atoms with E-state index in [4.69, 9.17) is 5.11 Å². The van der Waals surface area contributed by atoms with Gasteiger partial charge in [0.1, 0.15) is 0 Å². The number of rotatable bonds is 3. The Morgan fingerprint density at radius 1 is 1.42 bits per heavy atom. The molecule has 0 bridgehead atoms. The van der Waals surface area contributed by atoms with Crippen molar-refractivity contribution in [2.75, 3.05) is 5.32 Å². The van der Waals surface area contributed by atoms with Gasteiger partial charge in [0.05, 0.1) is 6.33 Å². The zero-order valence-corrected chi connectivity index (χ0v) is 11.5. The molecule has 3 N–H and O–H groups in total. The quantitative estimate of drug-likeness (QED) is 0.808. The molecule has 0 aliphatic heterocycles. The van der Waals surface area contributed by atoms with Gasteiger partial charge in [-0.25, -0.2) is 9.78 Å². The van der Waals surface area contributed by atoms with Crippen LogP contribution in [0.1, 0.15) is 26.5 Å². The normalized spacial score (nSPS) is 10.2. The molecule has 1 aromatic heterocycles. The van der Waals surface area contributed by atoms with Crippen molar-refractivity contribution in [1.29, 1.82) is 0 Å². The molecule has 0 saturated carbocycles. The van der Waals surface area contributed by atoms with Crippen molar-refractivity contribution in [3.8, 4) is 0 Å². The fourth-order valence-corrected chi connectivity index (χ4v) is 1.87. The number of nitrogens with zero attached hydrogens (tertiary/aromatic N) is 1. The van der Waals surface area contributed by atoms with Crippen molar-refractivity contribution in [1.82, 2.24) is 9.97 Å². The minimum absolute atomic E-state index is 0.149. The number of aromatic nitrogens is 2. The molecule has 0 spiro atoms. The lowest BCUT2D eigenvalue weighted by molar-refractivity contribution is 0.0686. The summed E-state index contributed by atoms with van der Waals surface area (Å²) in [6.45, 7) is 1.92. The van der Waals surface area contributed by atoms with Crippen LogP contribution in [0.2, 0.25) is 0 Å². The summed E-state index contributed by atoms with van der Waals surface area (Å²) in [6.07, 6.45) is 1.17. The number of benzene rings is 1. The van der Waals surface area contributed by atoms with Gasteiger partial charge in [-0.05, 0) is 24.6 Å². The molecule has 0 radical (unpaired) electrons. The predicted octanol–water partition coefficient (Wildman–Crippen LogP) is 2.43. The molecule has 0 aliphatic carbocycles. The van der Waals surface area contributed by atoms with E-state index in [1.807, 2.05) is 13.0 Å². The number of aromatic carboxylic acids is 1. The van der Waals surface area contributed by atoms with Gasteiger partial charge < -0.3 is 15.4 Å². The number of carbonyl (C=O) groups excluding carboxylic acids is 1. The molecular weight excluding hydrogens is 314 g/mol. The van der Waals surface area contributed by atoms with E-state index in [9.17, 15) is 9.59 Å². The van der Waals surface area contributed by atoms with Crippen LogP contribution in [0.15, 0.2) is 29.0 Å². The average Bonchev–Trinajstić information content (AvgIpc) is 2.83. The first-order valence-electron chi connectivity index (χ1n) is 5.33. The van der Waals surface area contributed by atoms with Gasteiger partial charge in [-0.15, -0.1) is 0 Å². The summed E-state index contributed by atoms with van der Waals surface area (Å²) in [5, 5.41) is 11.5. The number of carbonyl (C=O) groups is 2. The maximum Gasteiger partial charge on any atom is 0.354 e. The summed E-state index contributed by atoms with van der Waals surface area (Å²) in [7, 11) is 0. The number of imidazole rings is 1. The lowest BCUT2D eigenvalue weighted by Gasteiger charge is -2.06. The fourth-order valence-electron chi connectivity index (χ4n) is 1.49. The van der Waals surface area contributed by atoms with Crippen LogP contribution >= 0.6 is 15.9 Å². The Morgan fingerprint density at radius 2 is 2.16 bits per heavy atom. The van der Waals surface area contributed by atoms with Crippen LogP contribution in [-0.2, 0) is 0 Å². The maximum absolute atomic E-state index is 11.9. The molecule has 2 aromatic rings. The van der Waals surface area contributed by atoms with Crippen molar-refractivity contribution in [3.63, 3.8) is 0 Å². The molecule has 1 heterocycles. The lowest BCUT2D eigenvalue weighted by Crippen LogP contribution is -2.16. The Balaban J connectivity index is 2.23. The highest BCUT2D eigenvalue weighted by molar-refractivity contribution is 9.10. The Hall–Kier alpha value is -2.15. The van der Waals surface area contributed by atoms with Gasteiger partial charge >= 0.3 is 5.97 Å². The topological polar surface area (TPSA) is 95.1 Å². The molecular formula is C12H10BrN3O3. The number of anilines is 1. The van der Waals surface area contributed by atoms with Crippen molar-refractivity contribution >= 4 is 33.5 Å². The first kappa shape index (κ1) is 13.3. The summed E-state index contributed by atoms with van der Waals surface area (Å²) >= 11 is 3.36. The Labute approximate surface area is 117 Å². The van der Waals surface area contributed by atoms with E-state index in [0.29, 0.717) is 5.69 Å². The van der Waals surface area contributed by atoms with Crippen molar-refractivity contribution in [3.05, 3.63) is 46.0 Å². The number of hydrogen-bond acceptors (Lipinski definition) is 3. The molecule has 7 heteroatoms. The maximum atomic E-state index is 11.9. The molecule has 1 aromatic carbocycles. The van der Waals surface area contributed by atoms with E-state index >= 15 is 0 Å². The second kappa shape index (κ2) is 5.23. The van der Waals surface area contributed by atoms with Crippen LogP contribution in [0.5, 0.6) is 0 Å². The van der Waals surface area contributed by atoms with Gasteiger partial charge in [-0.1, -0.05) is 22.0 Å². The van der Waals surface area contributed by atoms with Crippen LogP contribution in [0.4, 0.5) is 5.69 Å². The van der Waals surface area contributed by atoms with E-state index in [1.54, 1.807) is 12.1 Å². The Bertz CT molecular complexity index is 651. The second-order valence-corrected chi connectivity index (χ2v) is 4.70. The number of carboxylic acid groups (broad SMARTS) is 1. The molecule has 98 valence electrons. The number of hydrogen-bond donors (Lipinski definition) is 3. The Morgan fingerprint density at radius 3 is 2.79 bits per heavy atom. The van der Waals surface area contributed by atoms with Crippen LogP contribution in [0.25, 0.3) is 0 Å². The number of amides is 1. The first-order chi connectivity index (χ1) is 8.99. The van der Waals surface area contributed by atoms with Gasteiger partial charge in [-0.3, -0.25) is 4.79 Å². The fraction of sp³-hybridized carbons (Fsp3) is 0.0833. The number of carboxylic acids is 1. The summed E-state index contributed by atoms with van der Waals surface area (Å²) in [4.78, 5) is 28.9. The molecule has 0 fully saturated rings. The van der Waals surface area contributed by atoms with Gasteiger partial charge in [0.15, 0.2) is 11.4 Å². The van der Waals surface area contributed by atoms with E-state index in [2.05, 4.69) is 31.2 Å². The third kappa shape index (κ3) is 2.82.